The van der Waals surface area contributed by atoms with E-state index in [1.807, 2.05) is 19.9 Å². The average molecular weight is 784 g/mol. The van der Waals surface area contributed by atoms with E-state index >= 15 is 0 Å². The van der Waals surface area contributed by atoms with Gasteiger partial charge in [-0.3, -0.25) is 9.59 Å². The van der Waals surface area contributed by atoms with Crippen LogP contribution in [0.4, 0.5) is 0 Å². The summed E-state index contributed by atoms with van der Waals surface area (Å²) in [5.74, 6) is -3.67. The maximum absolute atomic E-state index is 13.2. The molecule has 3 aromatic rings. The molecule has 3 N–H and O–H groups in total. The van der Waals surface area contributed by atoms with Crippen molar-refractivity contribution < 1.29 is 58.2 Å². The van der Waals surface area contributed by atoms with E-state index in [1.54, 1.807) is 41.7 Å². The minimum atomic E-state index is -1.10. The van der Waals surface area contributed by atoms with Gasteiger partial charge in [0.25, 0.3) is 0 Å². The van der Waals surface area contributed by atoms with E-state index in [4.69, 9.17) is 18.9 Å². The number of hydrogen-bond acceptors (Lipinski definition) is 11. The molecular weight excluding hydrogens is 740 g/mol. The summed E-state index contributed by atoms with van der Waals surface area (Å²) in [6.45, 7) is 16.1. The highest BCUT2D eigenvalue weighted by atomic mass is 79.9. The monoisotopic (exact) mass is 782 g/mol. The first kappa shape index (κ1) is 42.7. The zero-order valence-corrected chi connectivity index (χ0v) is 32.6. The standard InChI is InChI=1S/C30H29BrO10.C9H14O2/c1-11-9-19(13(3)14(4)21(11)28(35)36)40-29(37)22-12(2)10-20(17(7)25(22)33)41-30(38)23-15(5)16(6)27(39-18(8)32)24(31)26(23)34;1-4-8(2)7-9(11-3)5-6-10/h9-10,33-34H,1-8H3,(H,35,36);4-6H,7H2,1-3H3/b;8-4-,9-5+. The van der Waals surface area contributed by atoms with Crippen molar-refractivity contribution in [2.45, 2.75) is 75.7 Å². The number of aryl methyl sites for hydroxylation is 2. The van der Waals surface area contributed by atoms with Crippen LogP contribution in [0.3, 0.4) is 0 Å². The zero-order valence-electron chi connectivity index (χ0n) is 31.0. The van der Waals surface area contributed by atoms with Crippen LogP contribution in [-0.2, 0) is 14.3 Å². The predicted octanol–water partition coefficient (Wildman–Crippen LogP) is 8.15. The number of aromatic hydroxyl groups is 2. The fourth-order valence-electron chi connectivity index (χ4n) is 5.10. The number of hydrogen-bond donors (Lipinski definition) is 3. The van der Waals surface area contributed by atoms with Crippen LogP contribution in [0.1, 0.15) is 97.2 Å². The van der Waals surface area contributed by atoms with Crippen LogP contribution in [0.25, 0.3) is 0 Å². The molecule has 0 aliphatic heterocycles. The van der Waals surface area contributed by atoms with E-state index in [0.29, 0.717) is 40.0 Å². The van der Waals surface area contributed by atoms with Gasteiger partial charge >= 0.3 is 23.9 Å². The first-order valence-corrected chi connectivity index (χ1v) is 16.6. The smallest absolute Gasteiger partial charge is 0.347 e. The number of aromatic carboxylic acids is 1. The summed E-state index contributed by atoms with van der Waals surface area (Å²) in [5.41, 5.74) is 3.29. The summed E-state index contributed by atoms with van der Waals surface area (Å²) in [7, 11) is 1.57. The van der Waals surface area contributed by atoms with E-state index in [-0.39, 0.29) is 49.5 Å². The maximum atomic E-state index is 13.2. The van der Waals surface area contributed by atoms with Gasteiger partial charge in [-0.25, -0.2) is 14.4 Å². The number of phenols is 2. The number of ether oxygens (including phenoxy) is 4. The Morgan fingerprint density at radius 3 is 1.71 bits per heavy atom. The third-order valence-corrected chi connectivity index (χ3v) is 9.15. The molecule has 0 bridgehead atoms. The Bertz CT molecular complexity index is 1970. The van der Waals surface area contributed by atoms with E-state index in [1.165, 1.54) is 44.6 Å². The molecule has 0 unspecified atom stereocenters. The number of methoxy groups -OCH3 is 1. The van der Waals surface area contributed by atoms with Crippen molar-refractivity contribution >= 4 is 46.1 Å². The van der Waals surface area contributed by atoms with Gasteiger partial charge in [-0.05, 0) is 124 Å². The number of allylic oxidation sites excluding steroid dienone is 3. The number of rotatable bonds is 10. The lowest BCUT2D eigenvalue weighted by atomic mass is 9.97. The van der Waals surface area contributed by atoms with Gasteiger partial charge in [-0.2, -0.15) is 0 Å². The molecule has 0 aromatic heterocycles. The van der Waals surface area contributed by atoms with Gasteiger partial charge in [0.1, 0.15) is 50.6 Å². The van der Waals surface area contributed by atoms with Crippen LogP contribution in [0, 0.1) is 48.5 Å². The Kier molecular flexibility index (Phi) is 14.9. The number of carboxylic acids is 1. The largest absolute Gasteiger partial charge is 0.507 e. The molecule has 0 saturated carbocycles. The lowest BCUT2D eigenvalue weighted by molar-refractivity contribution is -0.132. The molecule has 0 aliphatic carbocycles. The van der Waals surface area contributed by atoms with E-state index in [2.05, 4.69) is 15.9 Å². The minimum absolute atomic E-state index is 0.00579. The van der Waals surface area contributed by atoms with Gasteiger partial charge in [0.2, 0.25) is 0 Å². The Balaban J connectivity index is 0.000000734. The van der Waals surface area contributed by atoms with Crippen molar-refractivity contribution in [1.29, 1.82) is 0 Å². The van der Waals surface area contributed by atoms with Crippen LogP contribution < -0.4 is 14.2 Å². The Morgan fingerprint density at radius 1 is 0.731 bits per heavy atom. The fraction of sp³-hybridized carbons (Fsp3) is 0.308. The fourth-order valence-corrected chi connectivity index (χ4v) is 5.67. The highest BCUT2D eigenvalue weighted by Crippen LogP contribution is 2.43. The Labute approximate surface area is 310 Å². The van der Waals surface area contributed by atoms with Gasteiger partial charge in [0.05, 0.1) is 12.7 Å². The first-order chi connectivity index (χ1) is 24.2. The van der Waals surface area contributed by atoms with Crippen LogP contribution in [0.2, 0.25) is 0 Å². The van der Waals surface area contributed by atoms with Crippen molar-refractivity contribution in [1.82, 2.24) is 0 Å². The second-order valence-corrected chi connectivity index (χ2v) is 12.7. The summed E-state index contributed by atoms with van der Waals surface area (Å²) in [4.78, 5) is 59.5. The summed E-state index contributed by atoms with van der Waals surface area (Å²) in [5, 5.41) is 31.1. The second-order valence-electron chi connectivity index (χ2n) is 11.9. The number of carboxylic acid groups (broad SMARTS) is 1. The molecule has 0 radical (unpaired) electrons. The second kappa shape index (κ2) is 18.2. The van der Waals surface area contributed by atoms with Crippen molar-refractivity contribution in [2.24, 2.45) is 0 Å². The molecule has 3 aromatic carbocycles. The van der Waals surface area contributed by atoms with Crippen molar-refractivity contribution in [3.63, 3.8) is 0 Å². The summed E-state index contributed by atoms with van der Waals surface area (Å²) in [6.07, 6.45) is 4.89. The molecule has 0 heterocycles. The van der Waals surface area contributed by atoms with Gasteiger partial charge in [-0.1, -0.05) is 11.6 Å². The first-order valence-electron chi connectivity index (χ1n) is 15.8. The number of halogens is 1. The van der Waals surface area contributed by atoms with Crippen LogP contribution in [-0.4, -0.2) is 52.6 Å². The van der Waals surface area contributed by atoms with Gasteiger partial charge in [0, 0.05) is 25.0 Å². The average Bonchev–Trinajstić information content (AvgIpc) is 3.06. The SMILES string of the molecule is C/C=C(/C)C/C(=C\C=O)OC.CC(=O)Oc1c(C)c(C)c(C(=O)Oc2cc(C)c(C(=O)Oc3cc(C)c(C(=O)O)c(C)c3C)c(O)c2C)c(O)c1Br. The normalized spacial score (nSPS) is 11.2. The molecule has 278 valence electrons. The third kappa shape index (κ3) is 9.66. The molecule has 0 aliphatic rings. The van der Waals surface area contributed by atoms with E-state index in [0.717, 1.165) is 6.29 Å². The predicted molar refractivity (Wildman–Crippen MR) is 197 cm³/mol. The lowest BCUT2D eigenvalue weighted by Gasteiger charge is -2.18. The molecule has 0 fully saturated rings. The minimum Gasteiger partial charge on any atom is -0.507 e. The molecule has 0 saturated heterocycles. The Hall–Kier alpha value is -5.43. The van der Waals surface area contributed by atoms with Gasteiger partial charge < -0.3 is 34.3 Å². The van der Waals surface area contributed by atoms with Gasteiger partial charge in [-0.15, -0.1) is 0 Å². The number of carbonyl (C=O) groups is 5. The quantitative estimate of drug-likeness (QED) is 0.0449. The van der Waals surface area contributed by atoms with Crippen LogP contribution in [0.5, 0.6) is 28.7 Å². The number of aldehydes is 1. The highest BCUT2D eigenvalue weighted by Gasteiger charge is 2.29. The number of benzene rings is 3. The number of carbonyl (C=O) groups excluding carboxylic acids is 4. The molecule has 0 amide bonds. The van der Waals surface area contributed by atoms with Gasteiger partial charge in [0.15, 0.2) is 5.75 Å². The van der Waals surface area contributed by atoms with E-state index in [9.17, 15) is 39.3 Å². The van der Waals surface area contributed by atoms with Crippen LogP contribution >= 0.6 is 15.9 Å². The maximum Gasteiger partial charge on any atom is 0.347 e. The van der Waals surface area contributed by atoms with E-state index < -0.39 is 35.4 Å². The molecule has 52 heavy (non-hydrogen) atoms. The molecular formula is C39H43BrO12. The summed E-state index contributed by atoms with van der Waals surface area (Å²) >= 11 is 3.16. The zero-order chi connectivity index (χ0) is 39.8. The van der Waals surface area contributed by atoms with Crippen LogP contribution in [0.15, 0.2) is 40.1 Å². The topological polar surface area (TPSA) is 183 Å². The lowest BCUT2D eigenvalue weighted by Crippen LogP contribution is -2.16. The summed E-state index contributed by atoms with van der Waals surface area (Å²) < 4.78 is 21.2. The molecule has 3 rings (SSSR count). The number of esters is 3. The Morgan fingerprint density at radius 2 is 1.23 bits per heavy atom. The molecule has 13 heteroatoms. The summed E-state index contributed by atoms with van der Waals surface area (Å²) in [6, 6.07) is 2.82. The molecule has 0 atom stereocenters. The van der Waals surface area contributed by atoms with Crippen molar-refractivity contribution in [2.75, 3.05) is 7.11 Å². The molecule has 0 spiro atoms. The number of phenolic OH excluding ortho intramolecular Hbond substituents is 2. The highest BCUT2D eigenvalue weighted by molar-refractivity contribution is 9.10. The third-order valence-electron chi connectivity index (χ3n) is 8.41. The van der Waals surface area contributed by atoms with Crippen molar-refractivity contribution in [3.8, 4) is 28.7 Å². The molecule has 12 nitrogen and oxygen atoms in total. The van der Waals surface area contributed by atoms with Crippen molar-refractivity contribution in [3.05, 3.63) is 95.7 Å².